The van der Waals surface area contributed by atoms with Crippen LogP contribution in [0.15, 0.2) is 155 Å². The van der Waals surface area contributed by atoms with Crippen LogP contribution in [-0.2, 0) is 0 Å². The van der Waals surface area contributed by atoms with E-state index in [1.165, 1.54) is 56.6 Å². The van der Waals surface area contributed by atoms with Crippen LogP contribution in [0.1, 0.15) is 0 Å². The van der Waals surface area contributed by atoms with Crippen LogP contribution < -0.4 is 0 Å². The summed E-state index contributed by atoms with van der Waals surface area (Å²) in [6, 6.07) is 43.3. The molecule has 6 aromatic carbocycles. The smallest absolute Gasteiger partial charge is 0.181 e. The van der Waals surface area contributed by atoms with E-state index in [1.807, 2.05) is 0 Å². The summed E-state index contributed by atoms with van der Waals surface area (Å²) < 4.78 is 11.0. The van der Waals surface area contributed by atoms with Gasteiger partial charge >= 0.3 is 0 Å². The summed E-state index contributed by atoms with van der Waals surface area (Å²) in [6.07, 6.45) is 6.40. The van der Waals surface area contributed by atoms with Gasteiger partial charge in [0.1, 0.15) is 0 Å². The fourth-order valence-electron chi connectivity index (χ4n) is 5.92. The molecule has 0 saturated carbocycles. The molecule has 0 spiro atoms. The monoisotopic (exact) mass is 540 g/mol. The predicted octanol–water partition coefficient (Wildman–Crippen LogP) is 10.3. The van der Waals surface area contributed by atoms with Gasteiger partial charge in [0.15, 0.2) is 24.3 Å². The van der Waals surface area contributed by atoms with Crippen LogP contribution in [0, 0.1) is 0 Å². The quantitative estimate of drug-likeness (QED) is 0.218. The Labute approximate surface area is 242 Å². The molecule has 0 saturated heterocycles. The van der Waals surface area contributed by atoms with Crippen molar-refractivity contribution in [2.45, 2.75) is 0 Å². The molecular weight excluding hydrogens is 516 g/mol. The van der Waals surface area contributed by atoms with Gasteiger partial charge in [-0.15, -0.1) is 0 Å². The summed E-state index contributed by atoms with van der Waals surface area (Å²) in [5.41, 5.74) is 9.18. The van der Waals surface area contributed by atoms with Crippen LogP contribution in [0.2, 0.25) is 0 Å². The van der Waals surface area contributed by atoms with Gasteiger partial charge in [0.25, 0.3) is 0 Å². The normalized spacial score (nSPS) is 11.3. The van der Waals surface area contributed by atoms with Crippen molar-refractivity contribution in [1.82, 2.24) is 9.97 Å². The summed E-state index contributed by atoms with van der Waals surface area (Å²) in [5.74, 6) is 1.53. The molecule has 0 aliphatic carbocycles. The number of rotatable bonds is 5. The van der Waals surface area contributed by atoms with Crippen LogP contribution in [0.4, 0.5) is 0 Å². The maximum Gasteiger partial charge on any atom is 0.181 e. The van der Waals surface area contributed by atoms with Crippen LogP contribution in [0.3, 0.4) is 0 Å². The third-order valence-electron chi connectivity index (χ3n) is 7.96. The topological polar surface area (TPSA) is 52.1 Å². The fraction of sp³-hybridized carbons (Fsp3) is 0. The zero-order valence-electron chi connectivity index (χ0n) is 22.6. The van der Waals surface area contributed by atoms with E-state index in [4.69, 9.17) is 8.83 Å². The highest BCUT2D eigenvalue weighted by atomic mass is 16.3. The van der Waals surface area contributed by atoms with Crippen molar-refractivity contribution in [2.75, 3.05) is 0 Å². The molecule has 42 heavy (non-hydrogen) atoms. The first-order valence-electron chi connectivity index (χ1n) is 13.9. The molecule has 0 bridgehead atoms. The molecule has 0 N–H and O–H groups in total. The first-order valence-corrected chi connectivity index (χ1v) is 13.9. The highest BCUT2D eigenvalue weighted by molar-refractivity contribution is 6.12. The van der Waals surface area contributed by atoms with Crippen molar-refractivity contribution < 1.29 is 8.83 Å². The van der Waals surface area contributed by atoms with E-state index >= 15 is 0 Å². The average Bonchev–Trinajstić information content (AvgIpc) is 3.80. The zero-order valence-corrected chi connectivity index (χ0v) is 22.6. The molecule has 2 aromatic heterocycles. The molecule has 8 rings (SSSR count). The van der Waals surface area contributed by atoms with Gasteiger partial charge in [-0.2, -0.15) is 0 Å². The first kappa shape index (κ1) is 24.1. The molecule has 0 amide bonds. The first-order chi connectivity index (χ1) is 20.8. The predicted molar refractivity (Wildman–Crippen MR) is 169 cm³/mol. The Morgan fingerprint density at radius 3 is 1.02 bits per heavy atom. The van der Waals surface area contributed by atoms with E-state index in [2.05, 4.69) is 131 Å². The average molecular weight is 541 g/mol. The number of oxazole rings is 2. The standard InChI is InChI=1S/C38H24N2O2/c1-3-7-33-31(5-1)29(25-9-13-27(14-10-25)37-21-39-23-41-37)17-19-35(33)36-20-18-30(32-6-2-4-8-34(32)36)26-11-15-28(16-12-26)38-22-40-24-42-38/h1-24H. The molecule has 0 atom stereocenters. The lowest BCUT2D eigenvalue weighted by atomic mass is 9.88. The Kier molecular flexibility index (Phi) is 5.75. The van der Waals surface area contributed by atoms with Gasteiger partial charge in [0.2, 0.25) is 0 Å². The second kappa shape index (κ2) is 10.0. The SMILES string of the molecule is c1ccc2c(-c3ccc(-c4ccc(-c5cnco5)cc4)c4ccccc34)ccc(-c3ccc(-c4cnco4)cc3)c2c1. The van der Waals surface area contributed by atoms with Crippen LogP contribution in [0.25, 0.3) is 77.6 Å². The summed E-state index contributed by atoms with van der Waals surface area (Å²) in [4.78, 5) is 8.09. The maximum absolute atomic E-state index is 5.48. The molecule has 4 nitrogen and oxygen atoms in total. The Hall–Kier alpha value is -5.74. The van der Waals surface area contributed by atoms with Crippen molar-refractivity contribution in [3.63, 3.8) is 0 Å². The van der Waals surface area contributed by atoms with E-state index in [-0.39, 0.29) is 0 Å². The van der Waals surface area contributed by atoms with Gasteiger partial charge in [-0.1, -0.05) is 121 Å². The number of nitrogens with zero attached hydrogens (tertiary/aromatic N) is 2. The third-order valence-corrected chi connectivity index (χ3v) is 7.96. The molecule has 0 radical (unpaired) electrons. The number of aromatic nitrogens is 2. The molecule has 0 fully saturated rings. The molecule has 0 unspecified atom stereocenters. The highest BCUT2D eigenvalue weighted by Gasteiger charge is 2.14. The summed E-state index contributed by atoms with van der Waals surface area (Å²) in [7, 11) is 0. The van der Waals surface area contributed by atoms with Crippen LogP contribution in [-0.4, -0.2) is 9.97 Å². The van der Waals surface area contributed by atoms with Crippen molar-refractivity contribution in [3.05, 3.63) is 147 Å². The Balaban J connectivity index is 1.23. The summed E-state index contributed by atoms with van der Waals surface area (Å²) in [5, 5.41) is 4.89. The van der Waals surface area contributed by atoms with Gasteiger partial charge in [-0.25, -0.2) is 9.97 Å². The van der Waals surface area contributed by atoms with Crippen molar-refractivity contribution in [1.29, 1.82) is 0 Å². The molecule has 0 aliphatic rings. The lowest BCUT2D eigenvalue weighted by Crippen LogP contribution is -1.89. The molecule has 198 valence electrons. The molecule has 8 aromatic rings. The third kappa shape index (κ3) is 4.09. The second-order valence-electron chi connectivity index (χ2n) is 10.3. The van der Waals surface area contributed by atoms with Gasteiger partial charge < -0.3 is 8.83 Å². The van der Waals surface area contributed by atoms with Gasteiger partial charge in [0, 0.05) is 11.1 Å². The molecular formula is C38H24N2O2. The summed E-state index contributed by atoms with van der Waals surface area (Å²) >= 11 is 0. The largest absolute Gasteiger partial charge is 0.444 e. The van der Waals surface area contributed by atoms with E-state index in [9.17, 15) is 0 Å². The second-order valence-corrected chi connectivity index (χ2v) is 10.3. The number of hydrogen-bond acceptors (Lipinski definition) is 4. The minimum absolute atomic E-state index is 0.767. The van der Waals surface area contributed by atoms with Crippen molar-refractivity contribution in [3.8, 4) is 56.0 Å². The molecule has 2 heterocycles. The lowest BCUT2D eigenvalue weighted by molar-refractivity contribution is 0.571. The van der Waals surface area contributed by atoms with Gasteiger partial charge in [-0.3, -0.25) is 0 Å². The van der Waals surface area contributed by atoms with Crippen LogP contribution >= 0.6 is 0 Å². The summed E-state index contributed by atoms with van der Waals surface area (Å²) in [6.45, 7) is 0. The van der Waals surface area contributed by atoms with Crippen molar-refractivity contribution >= 4 is 21.5 Å². The molecule has 0 aliphatic heterocycles. The number of fused-ring (bicyclic) bond motifs is 2. The number of hydrogen-bond donors (Lipinski definition) is 0. The van der Waals surface area contributed by atoms with E-state index < -0.39 is 0 Å². The fourth-order valence-corrected chi connectivity index (χ4v) is 5.92. The van der Waals surface area contributed by atoms with E-state index in [1.54, 1.807) is 12.4 Å². The van der Waals surface area contributed by atoms with Gasteiger partial charge in [-0.05, 0) is 54.9 Å². The van der Waals surface area contributed by atoms with E-state index in [0.717, 1.165) is 33.8 Å². The highest BCUT2D eigenvalue weighted by Crippen LogP contribution is 2.41. The minimum Gasteiger partial charge on any atom is -0.444 e. The lowest BCUT2D eigenvalue weighted by Gasteiger charge is -2.16. The van der Waals surface area contributed by atoms with E-state index in [0.29, 0.717) is 0 Å². The maximum atomic E-state index is 5.48. The van der Waals surface area contributed by atoms with Crippen LogP contribution in [0.5, 0.6) is 0 Å². The Morgan fingerprint density at radius 2 is 0.667 bits per heavy atom. The number of benzene rings is 6. The Bertz CT molecular complexity index is 2000. The Morgan fingerprint density at radius 1 is 0.333 bits per heavy atom. The minimum atomic E-state index is 0.767. The van der Waals surface area contributed by atoms with Gasteiger partial charge in [0.05, 0.1) is 12.4 Å². The zero-order chi connectivity index (χ0) is 27.9. The van der Waals surface area contributed by atoms with Crippen molar-refractivity contribution in [2.24, 2.45) is 0 Å². The molecule has 4 heteroatoms.